The van der Waals surface area contributed by atoms with E-state index >= 15 is 0 Å². The van der Waals surface area contributed by atoms with Gasteiger partial charge in [-0.3, -0.25) is 14.5 Å². The summed E-state index contributed by atoms with van der Waals surface area (Å²) < 4.78 is 0. The molecule has 0 unspecified atom stereocenters. The molecule has 0 aliphatic carbocycles. The number of likely N-dealkylation sites (tertiary alicyclic amines) is 1. The molecule has 0 aromatic heterocycles. The zero-order chi connectivity index (χ0) is 11.0. The van der Waals surface area contributed by atoms with E-state index in [4.69, 9.17) is 0 Å². The molecule has 0 spiro atoms. The van der Waals surface area contributed by atoms with E-state index in [0.717, 1.165) is 5.56 Å². The van der Waals surface area contributed by atoms with Crippen molar-refractivity contribution < 1.29 is 9.59 Å². The van der Waals surface area contributed by atoms with E-state index in [-0.39, 0.29) is 17.9 Å². The van der Waals surface area contributed by atoms with Crippen LogP contribution in [-0.4, -0.2) is 22.8 Å². The van der Waals surface area contributed by atoms with Gasteiger partial charge in [0.15, 0.2) is 0 Å². The van der Waals surface area contributed by atoms with E-state index in [9.17, 15) is 9.59 Å². The second-order valence-corrected chi connectivity index (χ2v) is 3.98. The fourth-order valence-electron chi connectivity index (χ4n) is 1.87. The number of benzene rings is 1. The Morgan fingerprint density at radius 2 is 1.60 bits per heavy atom. The zero-order valence-electron chi connectivity index (χ0n) is 8.81. The summed E-state index contributed by atoms with van der Waals surface area (Å²) in [4.78, 5) is 24.8. The maximum atomic E-state index is 11.7. The van der Waals surface area contributed by atoms with Crippen molar-refractivity contribution in [1.29, 1.82) is 0 Å². The zero-order valence-corrected chi connectivity index (χ0v) is 8.81. The summed E-state index contributed by atoms with van der Waals surface area (Å²) in [5, 5.41) is 0. The average Bonchev–Trinajstić information content (AvgIpc) is 2.18. The van der Waals surface area contributed by atoms with Crippen LogP contribution in [0.5, 0.6) is 0 Å². The molecule has 3 nitrogen and oxygen atoms in total. The first kappa shape index (κ1) is 9.90. The molecule has 78 valence electrons. The summed E-state index contributed by atoms with van der Waals surface area (Å²) >= 11 is 0. The number of hydrogen-bond acceptors (Lipinski definition) is 2. The molecule has 0 N–H and O–H groups in total. The predicted octanol–water partition coefficient (Wildman–Crippen LogP) is 1.55. The Labute approximate surface area is 88.7 Å². The summed E-state index contributed by atoms with van der Waals surface area (Å²) in [6.45, 7) is 3.69. The lowest BCUT2D eigenvalue weighted by atomic mass is 9.88. The highest BCUT2D eigenvalue weighted by molar-refractivity contribution is 6.22. The average molecular weight is 203 g/mol. The minimum absolute atomic E-state index is 0.0371. The summed E-state index contributed by atoms with van der Waals surface area (Å²) in [6.07, 6.45) is 0. The molecular formula is C12H13NO2. The number of β-lactam (4-membered cyclic amide) rings is 2. The molecule has 0 radical (unpaired) electrons. The molecule has 0 atom stereocenters. The molecular weight excluding hydrogens is 190 g/mol. The first-order valence-corrected chi connectivity index (χ1v) is 5.05. The van der Waals surface area contributed by atoms with Crippen molar-refractivity contribution in [3.63, 3.8) is 0 Å². The van der Waals surface area contributed by atoms with E-state index in [1.165, 1.54) is 4.90 Å². The molecule has 15 heavy (non-hydrogen) atoms. The lowest BCUT2D eigenvalue weighted by Crippen LogP contribution is -2.58. The van der Waals surface area contributed by atoms with Gasteiger partial charge in [0.1, 0.15) is 5.92 Å². The Kier molecular flexibility index (Phi) is 2.31. The van der Waals surface area contributed by atoms with Crippen LogP contribution >= 0.6 is 0 Å². The van der Waals surface area contributed by atoms with Gasteiger partial charge in [0.2, 0.25) is 11.8 Å². The van der Waals surface area contributed by atoms with Gasteiger partial charge in [0, 0.05) is 6.04 Å². The van der Waals surface area contributed by atoms with Crippen molar-refractivity contribution in [2.24, 2.45) is 0 Å². The van der Waals surface area contributed by atoms with Crippen LogP contribution in [-0.2, 0) is 9.59 Å². The minimum atomic E-state index is -0.561. The topological polar surface area (TPSA) is 37.4 Å². The van der Waals surface area contributed by atoms with Crippen LogP contribution in [0.2, 0.25) is 0 Å². The van der Waals surface area contributed by atoms with Crippen LogP contribution in [0, 0.1) is 0 Å². The van der Waals surface area contributed by atoms with Gasteiger partial charge in [-0.25, -0.2) is 0 Å². The fourth-order valence-corrected chi connectivity index (χ4v) is 1.87. The first-order valence-electron chi connectivity index (χ1n) is 5.05. The second kappa shape index (κ2) is 3.50. The largest absolute Gasteiger partial charge is 0.278 e. The third-order valence-corrected chi connectivity index (χ3v) is 2.62. The van der Waals surface area contributed by atoms with Crippen LogP contribution in [0.3, 0.4) is 0 Å². The molecule has 0 bridgehead atoms. The molecule has 3 heteroatoms. The minimum Gasteiger partial charge on any atom is -0.278 e. The second-order valence-electron chi connectivity index (χ2n) is 3.98. The molecule has 2 amide bonds. The molecule has 1 aromatic rings. The van der Waals surface area contributed by atoms with Crippen molar-refractivity contribution in [2.75, 3.05) is 0 Å². The van der Waals surface area contributed by atoms with Crippen LogP contribution in [0.1, 0.15) is 25.3 Å². The normalized spacial score (nSPS) is 17.1. The highest BCUT2D eigenvalue weighted by Crippen LogP contribution is 2.31. The molecule has 0 saturated carbocycles. The number of carbonyl (C=O) groups is 2. The van der Waals surface area contributed by atoms with E-state index < -0.39 is 5.92 Å². The number of nitrogens with zero attached hydrogens (tertiary/aromatic N) is 1. The molecule has 1 heterocycles. The highest BCUT2D eigenvalue weighted by atomic mass is 16.2. The van der Waals surface area contributed by atoms with E-state index in [1.54, 1.807) is 0 Å². The monoisotopic (exact) mass is 203 g/mol. The van der Waals surface area contributed by atoms with Gasteiger partial charge in [0.05, 0.1) is 0 Å². The third-order valence-electron chi connectivity index (χ3n) is 2.62. The van der Waals surface area contributed by atoms with Crippen LogP contribution in [0.15, 0.2) is 30.3 Å². The fraction of sp³-hybridized carbons (Fsp3) is 0.333. The number of hydrogen-bond donors (Lipinski definition) is 0. The van der Waals surface area contributed by atoms with Gasteiger partial charge in [-0.15, -0.1) is 0 Å². The van der Waals surface area contributed by atoms with Gasteiger partial charge in [-0.1, -0.05) is 30.3 Å². The van der Waals surface area contributed by atoms with Crippen LogP contribution in [0.4, 0.5) is 0 Å². The Morgan fingerprint density at radius 1 is 1.07 bits per heavy atom. The Bertz CT molecular complexity index is 381. The number of imide groups is 1. The van der Waals surface area contributed by atoms with Crippen molar-refractivity contribution in [3.8, 4) is 0 Å². The summed E-state index contributed by atoms with van der Waals surface area (Å²) in [5.74, 6) is -0.726. The molecule has 2 rings (SSSR count). The number of carbonyl (C=O) groups excluding carboxylic acids is 2. The third kappa shape index (κ3) is 1.44. The summed E-state index contributed by atoms with van der Waals surface area (Å²) in [5.41, 5.74) is 0.796. The lowest BCUT2D eigenvalue weighted by molar-refractivity contribution is -0.163. The number of amides is 2. The van der Waals surface area contributed by atoms with E-state index in [0.29, 0.717) is 0 Å². The number of rotatable bonds is 2. The molecule has 1 fully saturated rings. The molecule has 1 aromatic carbocycles. The molecule has 1 aliphatic heterocycles. The van der Waals surface area contributed by atoms with Gasteiger partial charge in [0.25, 0.3) is 0 Å². The summed E-state index contributed by atoms with van der Waals surface area (Å²) in [7, 11) is 0. The quantitative estimate of drug-likeness (QED) is 0.540. The summed E-state index contributed by atoms with van der Waals surface area (Å²) in [6, 6.07) is 9.15. The van der Waals surface area contributed by atoms with Crippen molar-refractivity contribution >= 4 is 11.8 Å². The van der Waals surface area contributed by atoms with Gasteiger partial charge in [-0.2, -0.15) is 0 Å². The van der Waals surface area contributed by atoms with Gasteiger partial charge in [-0.05, 0) is 19.4 Å². The molecule has 1 saturated heterocycles. The van der Waals surface area contributed by atoms with Crippen LogP contribution in [0.25, 0.3) is 0 Å². The maximum Gasteiger partial charge on any atom is 0.246 e. The van der Waals surface area contributed by atoms with Crippen LogP contribution < -0.4 is 0 Å². The predicted molar refractivity (Wildman–Crippen MR) is 56.2 cm³/mol. The Morgan fingerprint density at radius 3 is 2.07 bits per heavy atom. The van der Waals surface area contributed by atoms with Crippen molar-refractivity contribution in [2.45, 2.75) is 25.8 Å². The molecule has 1 aliphatic rings. The van der Waals surface area contributed by atoms with E-state index in [2.05, 4.69) is 0 Å². The Balaban J connectivity index is 2.23. The lowest BCUT2D eigenvalue weighted by Gasteiger charge is -2.38. The standard InChI is InChI=1S/C12H13NO2/c1-8(2)13-11(14)10(12(13)15)9-6-4-3-5-7-9/h3-8,10H,1-2H3. The van der Waals surface area contributed by atoms with Gasteiger partial charge >= 0.3 is 0 Å². The maximum absolute atomic E-state index is 11.7. The first-order chi connectivity index (χ1) is 7.13. The van der Waals surface area contributed by atoms with E-state index in [1.807, 2.05) is 44.2 Å². The van der Waals surface area contributed by atoms with Crippen molar-refractivity contribution in [3.05, 3.63) is 35.9 Å². The highest BCUT2D eigenvalue weighted by Gasteiger charge is 2.48. The SMILES string of the molecule is CC(C)N1C(=O)C(c2ccccc2)C1=O. The van der Waals surface area contributed by atoms with Crippen molar-refractivity contribution in [1.82, 2.24) is 4.90 Å². The smallest absolute Gasteiger partial charge is 0.246 e. The Hall–Kier alpha value is -1.64. The van der Waals surface area contributed by atoms with Gasteiger partial charge < -0.3 is 0 Å².